The van der Waals surface area contributed by atoms with Crippen LogP contribution in [0, 0.1) is 5.41 Å². The van der Waals surface area contributed by atoms with Gasteiger partial charge in [0.05, 0.1) is 5.84 Å². The first-order valence-electron chi connectivity index (χ1n) is 5.69. The van der Waals surface area contributed by atoms with Gasteiger partial charge >= 0.3 is 0 Å². The molecule has 0 saturated carbocycles. The van der Waals surface area contributed by atoms with E-state index in [-0.39, 0.29) is 5.84 Å². The highest BCUT2D eigenvalue weighted by molar-refractivity contribution is 5.77. The molecule has 0 aliphatic carbocycles. The van der Waals surface area contributed by atoms with Gasteiger partial charge in [-0.25, -0.2) is 0 Å². The highest BCUT2D eigenvalue weighted by Crippen LogP contribution is 2.04. The maximum absolute atomic E-state index is 7.28. The van der Waals surface area contributed by atoms with Crippen LogP contribution in [0.5, 0.6) is 0 Å². The molecule has 0 aliphatic rings. The van der Waals surface area contributed by atoms with Crippen LogP contribution in [0.4, 0.5) is 0 Å². The van der Waals surface area contributed by atoms with Crippen molar-refractivity contribution in [2.45, 2.75) is 32.7 Å². The van der Waals surface area contributed by atoms with Gasteiger partial charge in [0.1, 0.15) is 0 Å². The van der Waals surface area contributed by atoms with Gasteiger partial charge in [-0.15, -0.1) is 0 Å². The van der Waals surface area contributed by atoms with Gasteiger partial charge in [0.2, 0.25) is 0 Å². The highest BCUT2D eigenvalue weighted by atomic mass is 15.2. The van der Waals surface area contributed by atoms with Crippen LogP contribution in [0.25, 0.3) is 0 Å². The number of rotatable bonds is 8. The summed E-state index contributed by atoms with van der Waals surface area (Å²) in [5, 5.41) is 7.28. The van der Waals surface area contributed by atoms with Crippen LogP contribution in [0.15, 0.2) is 0 Å². The van der Waals surface area contributed by atoms with Gasteiger partial charge in [-0.3, -0.25) is 5.41 Å². The highest BCUT2D eigenvalue weighted by Gasteiger charge is 2.12. The smallest absolute Gasteiger partial charge is 0.0920 e. The number of hydrogen-bond donors (Lipinski definition) is 2. The number of nitrogens with two attached hydrogens (primary N) is 1. The Labute approximate surface area is 93.9 Å². The predicted octanol–water partition coefficient (Wildman–Crippen LogP) is 0.975. The monoisotopic (exact) mass is 214 g/mol. The Hall–Kier alpha value is -0.610. The summed E-state index contributed by atoms with van der Waals surface area (Å²) in [6.07, 6.45) is 1.85. The third-order valence-corrected chi connectivity index (χ3v) is 2.60. The van der Waals surface area contributed by atoms with Crippen LogP contribution in [-0.2, 0) is 0 Å². The molecule has 15 heavy (non-hydrogen) atoms. The zero-order valence-electron chi connectivity index (χ0n) is 10.6. The van der Waals surface area contributed by atoms with E-state index < -0.39 is 0 Å². The molecular formula is C11H26N4. The normalized spacial score (nSPS) is 13.5. The van der Waals surface area contributed by atoms with Gasteiger partial charge in [0.15, 0.2) is 0 Å². The molecule has 1 atom stereocenters. The quantitative estimate of drug-likeness (QED) is 0.468. The van der Waals surface area contributed by atoms with E-state index in [2.05, 4.69) is 37.7 Å². The summed E-state index contributed by atoms with van der Waals surface area (Å²) < 4.78 is 0. The molecule has 4 nitrogen and oxygen atoms in total. The Balaban J connectivity index is 3.84. The first-order chi connectivity index (χ1) is 6.97. The van der Waals surface area contributed by atoms with Crippen molar-refractivity contribution in [3.05, 3.63) is 0 Å². The van der Waals surface area contributed by atoms with Crippen molar-refractivity contribution >= 4 is 5.84 Å². The third kappa shape index (κ3) is 7.33. The van der Waals surface area contributed by atoms with Gasteiger partial charge in [-0.05, 0) is 47.1 Å². The van der Waals surface area contributed by atoms with Gasteiger partial charge in [-0.1, -0.05) is 6.92 Å². The Morgan fingerprint density at radius 1 is 1.33 bits per heavy atom. The molecule has 0 fully saturated rings. The SMILES string of the molecule is CCN(CCCN(C)C)C(C)CC(=N)N. The summed E-state index contributed by atoms with van der Waals surface area (Å²) in [5.74, 6) is 0.286. The topological polar surface area (TPSA) is 56.4 Å². The first-order valence-corrected chi connectivity index (χ1v) is 5.69. The van der Waals surface area contributed by atoms with Gasteiger partial charge in [0, 0.05) is 12.5 Å². The molecule has 0 saturated heterocycles. The minimum Gasteiger partial charge on any atom is -0.388 e. The summed E-state index contributed by atoms with van der Waals surface area (Å²) in [6.45, 7) is 7.53. The molecule has 0 bridgehead atoms. The molecule has 0 heterocycles. The Morgan fingerprint density at radius 3 is 2.33 bits per heavy atom. The van der Waals surface area contributed by atoms with E-state index in [1.54, 1.807) is 0 Å². The Morgan fingerprint density at radius 2 is 1.93 bits per heavy atom. The maximum Gasteiger partial charge on any atom is 0.0920 e. The fourth-order valence-electron chi connectivity index (χ4n) is 1.73. The van der Waals surface area contributed by atoms with Crippen molar-refractivity contribution in [1.82, 2.24) is 9.80 Å². The lowest BCUT2D eigenvalue weighted by molar-refractivity contribution is 0.212. The minimum atomic E-state index is 0.286. The molecular weight excluding hydrogens is 188 g/mol. The van der Waals surface area contributed by atoms with Crippen LogP contribution in [0.3, 0.4) is 0 Å². The number of nitrogens with zero attached hydrogens (tertiary/aromatic N) is 2. The average molecular weight is 214 g/mol. The zero-order chi connectivity index (χ0) is 11.8. The van der Waals surface area contributed by atoms with Crippen molar-refractivity contribution in [1.29, 1.82) is 5.41 Å². The van der Waals surface area contributed by atoms with Gasteiger partial charge < -0.3 is 15.5 Å². The second kappa shape index (κ2) is 7.65. The Kier molecular flexibility index (Phi) is 7.34. The summed E-state index contributed by atoms with van der Waals surface area (Å²) in [6, 6.07) is 0.384. The van der Waals surface area contributed by atoms with E-state index >= 15 is 0 Å². The van der Waals surface area contributed by atoms with E-state index in [0.29, 0.717) is 12.5 Å². The molecule has 1 unspecified atom stereocenters. The fourth-order valence-corrected chi connectivity index (χ4v) is 1.73. The summed E-state index contributed by atoms with van der Waals surface area (Å²) in [5.41, 5.74) is 5.41. The van der Waals surface area contributed by atoms with Crippen molar-refractivity contribution in [3.8, 4) is 0 Å². The summed E-state index contributed by atoms with van der Waals surface area (Å²) in [7, 11) is 4.19. The molecule has 4 heteroatoms. The van der Waals surface area contributed by atoms with E-state index in [4.69, 9.17) is 11.1 Å². The van der Waals surface area contributed by atoms with Crippen molar-refractivity contribution in [3.63, 3.8) is 0 Å². The molecule has 0 aromatic carbocycles. The molecule has 0 aromatic rings. The molecule has 90 valence electrons. The second-order valence-corrected chi connectivity index (χ2v) is 4.36. The van der Waals surface area contributed by atoms with Crippen LogP contribution in [0.1, 0.15) is 26.7 Å². The third-order valence-electron chi connectivity index (χ3n) is 2.60. The van der Waals surface area contributed by atoms with E-state index in [1.165, 1.54) is 6.42 Å². The van der Waals surface area contributed by atoms with Crippen molar-refractivity contribution < 1.29 is 0 Å². The lowest BCUT2D eigenvalue weighted by Crippen LogP contribution is -2.37. The molecule has 0 aliphatic heterocycles. The fraction of sp³-hybridized carbons (Fsp3) is 0.909. The van der Waals surface area contributed by atoms with Crippen LogP contribution >= 0.6 is 0 Å². The molecule has 0 spiro atoms. The minimum absolute atomic E-state index is 0.286. The van der Waals surface area contributed by atoms with Crippen LogP contribution in [-0.4, -0.2) is 55.4 Å². The van der Waals surface area contributed by atoms with Crippen molar-refractivity contribution in [2.75, 3.05) is 33.7 Å². The van der Waals surface area contributed by atoms with Gasteiger partial charge in [0.25, 0.3) is 0 Å². The lowest BCUT2D eigenvalue weighted by atomic mass is 10.2. The van der Waals surface area contributed by atoms with Crippen molar-refractivity contribution in [2.24, 2.45) is 5.73 Å². The second-order valence-electron chi connectivity index (χ2n) is 4.36. The number of hydrogen-bond acceptors (Lipinski definition) is 3. The standard InChI is InChI=1S/C11H26N4/c1-5-15(8-6-7-14(3)4)10(2)9-11(12)13/h10H,5-9H2,1-4H3,(H3,12,13). The summed E-state index contributed by atoms with van der Waals surface area (Å²) in [4.78, 5) is 4.58. The van der Waals surface area contributed by atoms with Crippen LogP contribution in [0.2, 0.25) is 0 Å². The molecule has 0 aromatic heterocycles. The summed E-state index contributed by atoms with van der Waals surface area (Å²) >= 11 is 0. The number of nitrogens with one attached hydrogen (secondary N) is 1. The largest absolute Gasteiger partial charge is 0.388 e. The predicted molar refractivity (Wildman–Crippen MR) is 66.4 cm³/mol. The first kappa shape index (κ1) is 14.4. The molecule has 0 rings (SSSR count). The van der Waals surface area contributed by atoms with E-state index in [9.17, 15) is 0 Å². The number of amidine groups is 1. The maximum atomic E-state index is 7.28. The average Bonchev–Trinajstić information content (AvgIpc) is 2.10. The Bertz CT molecular complexity index is 179. The molecule has 3 N–H and O–H groups in total. The van der Waals surface area contributed by atoms with E-state index in [1.807, 2.05) is 0 Å². The zero-order valence-corrected chi connectivity index (χ0v) is 10.6. The molecule has 0 amide bonds. The van der Waals surface area contributed by atoms with Crippen LogP contribution < -0.4 is 5.73 Å². The molecule has 0 radical (unpaired) electrons. The van der Waals surface area contributed by atoms with E-state index in [0.717, 1.165) is 19.6 Å². The lowest BCUT2D eigenvalue weighted by Gasteiger charge is -2.27. The van der Waals surface area contributed by atoms with Gasteiger partial charge in [-0.2, -0.15) is 0 Å².